The Morgan fingerprint density at radius 1 is 1.13 bits per heavy atom. The van der Waals surface area contributed by atoms with Gasteiger partial charge in [0.25, 0.3) is 0 Å². The van der Waals surface area contributed by atoms with Gasteiger partial charge < -0.3 is 44.9 Å². The number of amides is 4. The third-order valence-corrected chi connectivity index (χ3v) is 13.1. The lowest BCUT2D eigenvalue weighted by Gasteiger charge is -2.33. The van der Waals surface area contributed by atoms with Gasteiger partial charge >= 0.3 is 12.1 Å². The number of ether oxygens (including phenoxy) is 3. The number of carbonyl (C=O) groups is 5. The lowest BCUT2D eigenvalue weighted by molar-refractivity contribution is -0.148. The van der Waals surface area contributed by atoms with Gasteiger partial charge in [-0.25, -0.2) is 9.78 Å². The minimum absolute atomic E-state index is 0.0892. The molecule has 5 atom stereocenters. The Labute approximate surface area is 373 Å². The van der Waals surface area contributed by atoms with E-state index < -0.39 is 53.3 Å². The number of hydrogen-bond donors (Lipinski definition) is 3. The second-order valence-electron chi connectivity index (χ2n) is 17.9. The maximum absolute atomic E-state index is 14.2. The van der Waals surface area contributed by atoms with Gasteiger partial charge in [-0.3, -0.25) is 24.2 Å². The van der Waals surface area contributed by atoms with Gasteiger partial charge in [-0.1, -0.05) is 33.8 Å². The van der Waals surface area contributed by atoms with Crippen molar-refractivity contribution in [3.8, 4) is 22.5 Å². The molecule has 340 valence electrons. The number of fused-ring (bicyclic) bond motifs is 4. The number of aromatic nitrogens is 3. The number of nitrogens with zero attached hydrogens (tertiary/aromatic N) is 5. The molecule has 3 aromatic heterocycles. The van der Waals surface area contributed by atoms with Crippen LogP contribution in [0.4, 0.5) is 4.79 Å². The van der Waals surface area contributed by atoms with Crippen LogP contribution in [0.2, 0.25) is 0 Å². The highest BCUT2D eigenvalue weighted by molar-refractivity contribution is 7.10. The fourth-order valence-corrected chi connectivity index (χ4v) is 9.57. The molecule has 5 heterocycles. The summed E-state index contributed by atoms with van der Waals surface area (Å²) in [6.07, 6.45) is 2.73. The van der Waals surface area contributed by atoms with Gasteiger partial charge in [0.05, 0.1) is 47.8 Å². The minimum atomic E-state index is -1.04. The predicted octanol–water partition coefficient (Wildman–Crippen LogP) is 5.02. The molecule has 2 aliphatic heterocycles. The Morgan fingerprint density at radius 2 is 1.89 bits per heavy atom. The molecule has 0 spiro atoms. The predicted molar refractivity (Wildman–Crippen MR) is 240 cm³/mol. The molecule has 4 amide bonds. The first-order valence-corrected chi connectivity index (χ1v) is 22.5. The number of rotatable bonds is 8. The van der Waals surface area contributed by atoms with Gasteiger partial charge in [0.15, 0.2) is 0 Å². The first-order valence-electron chi connectivity index (χ1n) is 21.6. The number of aryl methyl sites for hydroxylation is 1. The Balaban J connectivity index is 1.35. The molecule has 1 aromatic carbocycles. The van der Waals surface area contributed by atoms with Crippen LogP contribution in [0.1, 0.15) is 76.3 Å². The number of likely N-dealkylation sites (tertiary alicyclic amines) is 1. The van der Waals surface area contributed by atoms with Crippen LogP contribution < -0.4 is 16.4 Å². The van der Waals surface area contributed by atoms with Gasteiger partial charge in [-0.05, 0) is 68.4 Å². The van der Waals surface area contributed by atoms with Crippen LogP contribution in [0.5, 0.6) is 0 Å². The van der Waals surface area contributed by atoms with Crippen molar-refractivity contribution >= 4 is 52.0 Å². The fraction of sp³-hybridized carbons (Fsp3) is 0.543. The maximum Gasteiger partial charge on any atom is 0.409 e. The van der Waals surface area contributed by atoms with E-state index in [1.165, 1.54) is 28.2 Å². The number of pyridine rings is 1. The molecule has 4 bridgehead atoms. The van der Waals surface area contributed by atoms with Crippen LogP contribution in [0.3, 0.4) is 0 Å². The van der Waals surface area contributed by atoms with Gasteiger partial charge in [-0.15, -0.1) is 11.3 Å². The summed E-state index contributed by atoms with van der Waals surface area (Å²) in [5.41, 5.74) is 12.2. The molecule has 6 rings (SSSR count). The lowest BCUT2D eigenvalue weighted by atomic mass is 9.84. The van der Waals surface area contributed by atoms with E-state index in [0.29, 0.717) is 36.5 Å². The van der Waals surface area contributed by atoms with Gasteiger partial charge in [0, 0.05) is 86.3 Å². The van der Waals surface area contributed by atoms with Crippen molar-refractivity contribution in [3.05, 3.63) is 58.2 Å². The maximum atomic E-state index is 14.2. The fourth-order valence-electron chi connectivity index (χ4n) is 8.72. The van der Waals surface area contributed by atoms with Crippen molar-refractivity contribution in [2.45, 2.75) is 91.0 Å². The molecule has 4 N–H and O–H groups in total. The van der Waals surface area contributed by atoms with E-state index in [9.17, 15) is 24.0 Å². The number of benzene rings is 1. The van der Waals surface area contributed by atoms with E-state index in [2.05, 4.69) is 47.2 Å². The van der Waals surface area contributed by atoms with Gasteiger partial charge in [-0.2, -0.15) is 0 Å². The van der Waals surface area contributed by atoms with Crippen LogP contribution in [0, 0.1) is 17.3 Å². The Kier molecular flexibility index (Phi) is 14.9. The number of thiazole rings is 1. The second kappa shape index (κ2) is 20.0. The van der Waals surface area contributed by atoms with Crippen molar-refractivity contribution in [1.82, 2.24) is 35.0 Å². The third-order valence-electron chi connectivity index (χ3n) is 12.2. The summed E-state index contributed by atoms with van der Waals surface area (Å²) in [6, 6.07) is 7.35. The highest BCUT2D eigenvalue weighted by Gasteiger charge is 2.39. The lowest BCUT2D eigenvalue weighted by Crippen LogP contribution is -2.57. The number of methoxy groups -OCH3 is 2. The molecule has 16 nitrogen and oxygen atoms in total. The summed E-state index contributed by atoms with van der Waals surface area (Å²) in [7, 11) is 6.58. The van der Waals surface area contributed by atoms with Crippen LogP contribution in [0.15, 0.2) is 41.9 Å². The van der Waals surface area contributed by atoms with Crippen molar-refractivity contribution in [2.75, 3.05) is 47.5 Å². The van der Waals surface area contributed by atoms with Gasteiger partial charge in [0.2, 0.25) is 17.7 Å². The molecule has 1 saturated heterocycles. The Bertz CT molecular complexity index is 2320. The number of cyclic esters (lactones) is 1. The smallest absolute Gasteiger partial charge is 0.409 e. The normalized spacial score (nSPS) is 20.8. The van der Waals surface area contributed by atoms with E-state index in [4.69, 9.17) is 29.9 Å². The standard InChI is InChI=1S/C46H62N8O8S/c1-26(2)39(53(7)43(57)29-16-19-54(23-29)45(59)61-9)42(56)51-34-21-37-50-35(24-63-37)28-14-15-36-31(20-28)32(40(52(36)6)30-12-10-17-48-38(30)27(3)60-8)22-46(4,5)25-62-44(58)33(47)13-11-18-49-41(34)55/h10,12,14-15,17,20,24,26-27,29,33-34,39H,11,13,16,18-19,21-23,25,47H2,1-9H3,(H,49,55)(H,51,56)/t27-,29-,33-,34-,39-/m0/s1. The highest BCUT2D eigenvalue weighted by atomic mass is 32.1. The SMILES string of the molecule is COC(=O)N1CC[C@H](C(=O)N(C)[C@H](C(=O)N[C@H]2Cc3nc(cs3)-c3ccc4c(c3)c(c(-c3cccnc3[C@H](C)OC)n4C)CC(C)(C)COC(=O)[C@@H](N)CCCNC2=O)C(C)C)C1. The van der Waals surface area contributed by atoms with Gasteiger partial charge in [0.1, 0.15) is 18.1 Å². The van der Waals surface area contributed by atoms with Crippen LogP contribution in [-0.4, -0.2) is 120 Å². The summed E-state index contributed by atoms with van der Waals surface area (Å²) >= 11 is 1.39. The van der Waals surface area contributed by atoms with E-state index in [-0.39, 0.29) is 50.5 Å². The van der Waals surface area contributed by atoms with Crippen LogP contribution >= 0.6 is 11.3 Å². The highest BCUT2D eigenvalue weighted by Crippen LogP contribution is 2.41. The molecule has 1 fully saturated rings. The number of carbonyl (C=O) groups excluding carboxylic acids is 5. The number of hydrogen-bond acceptors (Lipinski definition) is 12. The average Bonchev–Trinajstić information content (AvgIpc) is 4.01. The molecule has 63 heavy (non-hydrogen) atoms. The third kappa shape index (κ3) is 10.5. The first-order chi connectivity index (χ1) is 29.9. The Morgan fingerprint density at radius 3 is 2.60 bits per heavy atom. The van der Waals surface area contributed by atoms with E-state index >= 15 is 0 Å². The van der Waals surface area contributed by atoms with Crippen molar-refractivity contribution < 1.29 is 38.2 Å². The molecule has 17 heteroatoms. The molecule has 0 radical (unpaired) electrons. The molecular weight excluding hydrogens is 825 g/mol. The zero-order valence-corrected chi connectivity index (χ0v) is 38.7. The molecular formula is C46H62N8O8S. The molecule has 0 aliphatic carbocycles. The van der Waals surface area contributed by atoms with Crippen LogP contribution in [-0.2, 0) is 53.3 Å². The van der Waals surface area contributed by atoms with Crippen LogP contribution in [0.25, 0.3) is 33.4 Å². The number of likely N-dealkylation sites (N-methyl/N-ethyl adjacent to an activating group) is 1. The number of nitrogens with one attached hydrogen (secondary N) is 2. The zero-order valence-electron chi connectivity index (χ0n) is 37.9. The number of nitrogens with two attached hydrogens (primary N) is 1. The Hall–Kier alpha value is -5.39. The molecule has 4 aromatic rings. The second-order valence-corrected chi connectivity index (χ2v) is 18.8. The molecule has 2 aliphatic rings. The average molecular weight is 887 g/mol. The first kappa shape index (κ1) is 47.1. The van der Waals surface area contributed by atoms with Crippen molar-refractivity contribution in [2.24, 2.45) is 30.0 Å². The summed E-state index contributed by atoms with van der Waals surface area (Å²) in [5, 5.41) is 9.46. The summed E-state index contributed by atoms with van der Waals surface area (Å²) in [4.78, 5) is 79.9. The summed E-state index contributed by atoms with van der Waals surface area (Å²) < 4.78 is 18.6. The van der Waals surface area contributed by atoms with E-state index in [0.717, 1.165) is 39.0 Å². The van der Waals surface area contributed by atoms with E-state index in [1.807, 2.05) is 45.3 Å². The van der Waals surface area contributed by atoms with E-state index in [1.54, 1.807) is 20.4 Å². The minimum Gasteiger partial charge on any atom is -0.464 e. The molecule has 0 unspecified atom stereocenters. The zero-order chi connectivity index (χ0) is 45.7. The van der Waals surface area contributed by atoms with Crippen molar-refractivity contribution in [3.63, 3.8) is 0 Å². The van der Waals surface area contributed by atoms with Crippen molar-refractivity contribution in [1.29, 1.82) is 0 Å². The number of esters is 1. The topological polar surface area (TPSA) is 200 Å². The summed E-state index contributed by atoms with van der Waals surface area (Å²) in [6.45, 7) is 10.7. The largest absolute Gasteiger partial charge is 0.464 e. The molecule has 0 saturated carbocycles. The monoisotopic (exact) mass is 886 g/mol. The summed E-state index contributed by atoms with van der Waals surface area (Å²) in [5.74, 6) is -2.52. The quantitative estimate of drug-likeness (QED) is 0.201.